The number of hydrogen-bond donors (Lipinski definition) is 1. The van der Waals surface area contributed by atoms with Gasteiger partial charge in [0, 0.05) is 6.04 Å². The van der Waals surface area contributed by atoms with E-state index >= 15 is 0 Å². The smallest absolute Gasteiger partial charge is 0.122 e. The molecule has 1 atom stereocenters. The number of fused-ring (bicyclic) bond motifs is 1. The van der Waals surface area contributed by atoms with Gasteiger partial charge in [0.15, 0.2) is 0 Å². The zero-order chi connectivity index (χ0) is 11.4. The molecule has 16 heavy (non-hydrogen) atoms. The molecule has 1 aliphatic rings. The van der Waals surface area contributed by atoms with Gasteiger partial charge in [0.05, 0.1) is 7.11 Å². The van der Waals surface area contributed by atoms with Crippen LogP contribution in [0.3, 0.4) is 0 Å². The Morgan fingerprint density at radius 1 is 1.44 bits per heavy atom. The molecule has 0 spiro atoms. The summed E-state index contributed by atoms with van der Waals surface area (Å²) >= 11 is 0. The Morgan fingerprint density at radius 3 is 3.06 bits per heavy atom. The first-order valence-electron chi connectivity index (χ1n) is 6.23. The van der Waals surface area contributed by atoms with E-state index in [-0.39, 0.29) is 0 Å². The number of methoxy groups -OCH3 is 1. The highest BCUT2D eigenvalue weighted by atomic mass is 16.5. The van der Waals surface area contributed by atoms with Gasteiger partial charge in [-0.15, -0.1) is 0 Å². The molecule has 1 N–H and O–H groups in total. The van der Waals surface area contributed by atoms with Crippen LogP contribution >= 0.6 is 0 Å². The second-order valence-electron chi connectivity index (χ2n) is 4.49. The number of hydrogen-bond acceptors (Lipinski definition) is 2. The van der Waals surface area contributed by atoms with Gasteiger partial charge in [-0.3, -0.25) is 0 Å². The zero-order valence-electron chi connectivity index (χ0n) is 10.3. The fraction of sp³-hybridized carbons (Fsp3) is 0.571. The van der Waals surface area contributed by atoms with Crippen LogP contribution in [-0.4, -0.2) is 19.7 Å². The summed E-state index contributed by atoms with van der Waals surface area (Å²) in [6, 6.07) is 7.05. The first-order chi connectivity index (χ1) is 7.85. The van der Waals surface area contributed by atoms with Gasteiger partial charge >= 0.3 is 0 Å². The molecule has 1 aromatic rings. The molecule has 2 heteroatoms. The van der Waals surface area contributed by atoms with E-state index in [9.17, 15) is 0 Å². The van der Waals surface area contributed by atoms with Gasteiger partial charge in [-0.2, -0.15) is 0 Å². The predicted molar refractivity (Wildman–Crippen MR) is 67.1 cm³/mol. The average Bonchev–Trinajstić information content (AvgIpc) is 2.35. The third kappa shape index (κ3) is 2.38. The molecule has 0 aromatic heterocycles. The molecular formula is C14H21NO. The average molecular weight is 219 g/mol. The van der Waals surface area contributed by atoms with Crippen molar-refractivity contribution in [1.82, 2.24) is 5.32 Å². The summed E-state index contributed by atoms with van der Waals surface area (Å²) in [7, 11) is 1.76. The Balaban J connectivity index is 2.09. The maximum Gasteiger partial charge on any atom is 0.122 e. The highest BCUT2D eigenvalue weighted by molar-refractivity contribution is 5.42. The fourth-order valence-corrected chi connectivity index (χ4v) is 2.49. The summed E-state index contributed by atoms with van der Waals surface area (Å²) in [5, 5.41) is 3.61. The van der Waals surface area contributed by atoms with Crippen molar-refractivity contribution < 1.29 is 4.74 Å². The normalized spacial score (nSPS) is 19.2. The van der Waals surface area contributed by atoms with Gasteiger partial charge in [-0.25, -0.2) is 0 Å². The van der Waals surface area contributed by atoms with E-state index in [4.69, 9.17) is 4.74 Å². The second kappa shape index (κ2) is 5.35. The number of rotatable bonds is 4. The van der Waals surface area contributed by atoms with Crippen LogP contribution in [0.15, 0.2) is 18.2 Å². The number of ether oxygens (including phenoxy) is 1. The molecule has 2 rings (SSSR count). The zero-order valence-corrected chi connectivity index (χ0v) is 10.3. The minimum Gasteiger partial charge on any atom is -0.496 e. The van der Waals surface area contributed by atoms with Gasteiger partial charge in [-0.1, -0.05) is 19.1 Å². The quantitative estimate of drug-likeness (QED) is 0.840. The van der Waals surface area contributed by atoms with Crippen LogP contribution in [0, 0.1) is 0 Å². The van der Waals surface area contributed by atoms with Crippen molar-refractivity contribution in [2.24, 2.45) is 0 Å². The van der Waals surface area contributed by atoms with E-state index in [0.717, 1.165) is 25.1 Å². The Bertz CT molecular complexity index is 349. The number of benzene rings is 1. The minimum atomic E-state index is 0.652. The molecule has 1 aliphatic carbocycles. The summed E-state index contributed by atoms with van der Waals surface area (Å²) in [5.41, 5.74) is 2.87. The van der Waals surface area contributed by atoms with Crippen molar-refractivity contribution in [3.8, 4) is 5.75 Å². The maximum absolute atomic E-state index is 5.41. The lowest BCUT2D eigenvalue weighted by molar-refractivity contribution is 0.397. The highest BCUT2D eigenvalue weighted by Gasteiger charge is 2.20. The summed E-state index contributed by atoms with van der Waals surface area (Å²) in [6.45, 7) is 3.34. The summed E-state index contributed by atoms with van der Waals surface area (Å²) < 4.78 is 5.41. The van der Waals surface area contributed by atoms with Crippen molar-refractivity contribution in [3.63, 3.8) is 0 Å². The third-order valence-electron chi connectivity index (χ3n) is 3.34. The lowest BCUT2D eigenvalue weighted by atomic mass is 9.87. The lowest BCUT2D eigenvalue weighted by Crippen LogP contribution is -2.35. The molecule has 2 nitrogen and oxygen atoms in total. The largest absolute Gasteiger partial charge is 0.496 e. The Morgan fingerprint density at radius 2 is 2.31 bits per heavy atom. The topological polar surface area (TPSA) is 21.3 Å². The summed E-state index contributed by atoms with van der Waals surface area (Å²) in [4.78, 5) is 0. The summed E-state index contributed by atoms with van der Waals surface area (Å²) in [5.74, 6) is 1.06. The van der Waals surface area contributed by atoms with Crippen molar-refractivity contribution >= 4 is 0 Å². The van der Waals surface area contributed by atoms with E-state index in [0.29, 0.717) is 6.04 Å². The Hall–Kier alpha value is -1.02. The van der Waals surface area contributed by atoms with Crippen molar-refractivity contribution in [1.29, 1.82) is 0 Å². The van der Waals surface area contributed by atoms with Crippen LogP contribution in [-0.2, 0) is 12.8 Å². The van der Waals surface area contributed by atoms with E-state index < -0.39 is 0 Å². The van der Waals surface area contributed by atoms with Crippen LogP contribution in [0.1, 0.15) is 30.9 Å². The molecule has 0 fully saturated rings. The Labute approximate surface area is 98.0 Å². The van der Waals surface area contributed by atoms with E-state index in [1.807, 2.05) is 0 Å². The molecule has 0 radical (unpaired) electrons. The van der Waals surface area contributed by atoms with Gasteiger partial charge in [-0.05, 0) is 49.4 Å². The molecule has 0 heterocycles. The SMILES string of the molecule is CCCN[C@H]1CCc2c(cccc2OC)C1. The molecular weight excluding hydrogens is 198 g/mol. The Kier molecular flexibility index (Phi) is 3.83. The second-order valence-corrected chi connectivity index (χ2v) is 4.49. The minimum absolute atomic E-state index is 0.652. The molecule has 0 bridgehead atoms. The third-order valence-corrected chi connectivity index (χ3v) is 3.34. The van der Waals surface area contributed by atoms with E-state index in [1.165, 1.54) is 24.0 Å². The lowest BCUT2D eigenvalue weighted by Gasteiger charge is -2.26. The predicted octanol–water partition coefficient (Wildman–Crippen LogP) is 2.55. The van der Waals surface area contributed by atoms with E-state index in [2.05, 4.69) is 30.4 Å². The molecule has 0 saturated carbocycles. The monoisotopic (exact) mass is 219 g/mol. The molecule has 0 amide bonds. The van der Waals surface area contributed by atoms with Crippen LogP contribution in [0.25, 0.3) is 0 Å². The van der Waals surface area contributed by atoms with Crippen molar-refractivity contribution in [2.45, 2.75) is 38.6 Å². The van der Waals surface area contributed by atoms with E-state index in [1.54, 1.807) is 7.11 Å². The summed E-state index contributed by atoms with van der Waals surface area (Å²) in [6.07, 6.45) is 4.72. The molecule has 0 aliphatic heterocycles. The van der Waals surface area contributed by atoms with Gasteiger partial charge in [0.2, 0.25) is 0 Å². The molecule has 0 saturated heterocycles. The molecule has 88 valence electrons. The van der Waals surface area contributed by atoms with Crippen molar-refractivity contribution in [3.05, 3.63) is 29.3 Å². The first-order valence-corrected chi connectivity index (χ1v) is 6.23. The van der Waals surface area contributed by atoms with Crippen LogP contribution < -0.4 is 10.1 Å². The number of nitrogens with one attached hydrogen (secondary N) is 1. The van der Waals surface area contributed by atoms with Crippen LogP contribution in [0.5, 0.6) is 5.75 Å². The fourth-order valence-electron chi connectivity index (χ4n) is 2.49. The van der Waals surface area contributed by atoms with Gasteiger partial charge < -0.3 is 10.1 Å². The van der Waals surface area contributed by atoms with Gasteiger partial charge in [0.25, 0.3) is 0 Å². The first kappa shape index (κ1) is 11.5. The molecule has 0 unspecified atom stereocenters. The van der Waals surface area contributed by atoms with Crippen LogP contribution in [0.2, 0.25) is 0 Å². The maximum atomic E-state index is 5.41. The van der Waals surface area contributed by atoms with Crippen LogP contribution in [0.4, 0.5) is 0 Å². The standard InChI is InChI=1S/C14H21NO/c1-3-9-15-12-7-8-13-11(10-12)5-4-6-14(13)16-2/h4-6,12,15H,3,7-10H2,1-2H3/t12-/m0/s1. The molecule has 1 aromatic carbocycles. The highest BCUT2D eigenvalue weighted by Crippen LogP contribution is 2.29. The van der Waals surface area contributed by atoms with Crippen molar-refractivity contribution in [2.75, 3.05) is 13.7 Å². The van der Waals surface area contributed by atoms with Gasteiger partial charge in [0.1, 0.15) is 5.75 Å².